The molecule has 0 radical (unpaired) electrons. The smallest absolute Gasteiger partial charge is 0.217 e. The van der Waals surface area contributed by atoms with Crippen LogP contribution in [0.1, 0.15) is 92.9 Å². The van der Waals surface area contributed by atoms with E-state index < -0.39 is 5.60 Å². The third-order valence-electron chi connectivity index (χ3n) is 11.4. The molecule has 5 rings (SSSR count). The molecule has 0 amide bonds. The van der Waals surface area contributed by atoms with Crippen LogP contribution in [0, 0.1) is 46.3 Å². The third-order valence-corrected chi connectivity index (χ3v) is 11.4. The fourth-order valence-corrected chi connectivity index (χ4v) is 9.16. The standard InChI is InChI=1S/C28H45NO4/c1-7-16(2)18-8-9-19-23-20(13-22(31)27(18,19)6)26(5)10-11-28(32,14-17(26)12-21(23)30)24-29-25(3,4)15-33-24/h16-20,22-23,31-32H,7-15H2,1-6H3/t16-,17-,18-,19?,20?,22+,23?,26+,27-,28-/m1/s1. The number of fused-ring (bicyclic) bond motifs is 5. The molecule has 4 aliphatic carbocycles. The van der Waals surface area contributed by atoms with Crippen molar-refractivity contribution in [1.29, 1.82) is 0 Å². The molecule has 0 spiro atoms. The fourth-order valence-electron chi connectivity index (χ4n) is 9.16. The summed E-state index contributed by atoms with van der Waals surface area (Å²) in [5.74, 6) is 2.62. The molecule has 0 saturated heterocycles. The monoisotopic (exact) mass is 459 g/mol. The summed E-state index contributed by atoms with van der Waals surface area (Å²) in [5.41, 5.74) is -1.55. The topological polar surface area (TPSA) is 79.1 Å². The van der Waals surface area contributed by atoms with Gasteiger partial charge in [0.05, 0.1) is 11.6 Å². The van der Waals surface area contributed by atoms with E-state index in [9.17, 15) is 15.0 Å². The maximum Gasteiger partial charge on any atom is 0.217 e. The number of ketones is 1. The van der Waals surface area contributed by atoms with E-state index in [2.05, 4.69) is 27.7 Å². The van der Waals surface area contributed by atoms with Gasteiger partial charge in [-0.2, -0.15) is 0 Å². The number of nitrogens with zero attached hydrogens (tertiary/aromatic N) is 1. The second-order valence-electron chi connectivity index (χ2n) is 13.6. The zero-order valence-corrected chi connectivity index (χ0v) is 21.6. The van der Waals surface area contributed by atoms with Gasteiger partial charge in [0, 0.05) is 17.8 Å². The Morgan fingerprint density at radius 1 is 1.15 bits per heavy atom. The second kappa shape index (κ2) is 7.53. The first kappa shape index (κ1) is 23.8. The minimum absolute atomic E-state index is 0.0315. The van der Waals surface area contributed by atoms with Gasteiger partial charge in [0.15, 0.2) is 0 Å². The Hall–Kier alpha value is -0.940. The quantitative estimate of drug-likeness (QED) is 0.637. The lowest BCUT2D eigenvalue weighted by Gasteiger charge is -2.62. The molecule has 0 aromatic carbocycles. The van der Waals surface area contributed by atoms with Crippen LogP contribution in [0.2, 0.25) is 0 Å². The predicted molar refractivity (Wildman–Crippen MR) is 129 cm³/mol. The molecule has 33 heavy (non-hydrogen) atoms. The summed E-state index contributed by atoms with van der Waals surface area (Å²) in [6.07, 6.45) is 6.29. The van der Waals surface area contributed by atoms with Gasteiger partial charge in [0.2, 0.25) is 5.90 Å². The number of aliphatic hydroxyl groups excluding tert-OH is 1. The van der Waals surface area contributed by atoms with Crippen LogP contribution in [0.25, 0.3) is 0 Å². The molecular weight excluding hydrogens is 414 g/mol. The van der Waals surface area contributed by atoms with Gasteiger partial charge in [0.25, 0.3) is 0 Å². The van der Waals surface area contributed by atoms with Gasteiger partial charge >= 0.3 is 0 Å². The first-order valence-corrected chi connectivity index (χ1v) is 13.5. The first-order chi connectivity index (χ1) is 15.4. The van der Waals surface area contributed by atoms with Crippen molar-refractivity contribution in [2.75, 3.05) is 6.61 Å². The highest BCUT2D eigenvalue weighted by molar-refractivity contribution is 5.88. The Balaban J connectivity index is 1.44. The van der Waals surface area contributed by atoms with E-state index in [-0.39, 0.29) is 40.2 Å². The van der Waals surface area contributed by atoms with Crippen LogP contribution < -0.4 is 0 Å². The van der Waals surface area contributed by atoms with Crippen LogP contribution >= 0.6 is 0 Å². The van der Waals surface area contributed by atoms with Gasteiger partial charge in [-0.15, -0.1) is 0 Å². The maximum absolute atomic E-state index is 13.8. The molecule has 5 heteroatoms. The normalized spacial score (nSPS) is 51.8. The Labute approximate surface area is 199 Å². The summed E-state index contributed by atoms with van der Waals surface area (Å²) in [6.45, 7) is 13.8. The van der Waals surface area contributed by atoms with Gasteiger partial charge < -0.3 is 14.9 Å². The number of hydrogen-bond donors (Lipinski definition) is 2. The molecular formula is C28H45NO4. The first-order valence-electron chi connectivity index (χ1n) is 13.5. The molecule has 3 unspecified atom stereocenters. The summed E-state index contributed by atoms with van der Waals surface area (Å²) in [4.78, 5) is 18.5. The van der Waals surface area contributed by atoms with Crippen molar-refractivity contribution in [3.8, 4) is 0 Å². The van der Waals surface area contributed by atoms with Crippen LogP contribution in [0.4, 0.5) is 0 Å². The number of ether oxygens (including phenoxy) is 1. The van der Waals surface area contributed by atoms with Gasteiger partial charge in [-0.1, -0.05) is 34.1 Å². The molecule has 0 aromatic heterocycles. The number of aliphatic hydroxyl groups is 2. The van der Waals surface area contributed by atoms with Crippen molar-refractivity contribution in [1.82, 2.24) is 0 Å². The molecule has 4 saturated carbocycles. The van der Waals surface area contributed by atoms with Gasteiger partial charge in [-0.25, -0.2) is 4.99 Å². The molecule has 0 bridgehead atoms. The van der Waals surface area contributed by atoms with E-state index in [0.717, 1.165) is 32.1 Å². The number of Topliss-reactive ketones (excluding diaryl/α,β-unsaturated/α-hetero) is 1. The molecule has 1 aliphatic heterocycles. The van der Waals surface area contributed by atoms with E-state index in [1.807, 2.05) is 13.8 Å². The van der Waals surface area contributed by atoms with Crippen LogP contribution in [0.5, 0.6) is 0 Å². The van der Waals surface area contributed by atoms with Crippen molar-refractivity contribution < 1.29 is 19.7 Å². The number of hydrogen-bond acceptors (Lipinski definition) is 5. The summed E-state index contributed by atoms with van der Waals surface area (Å²) in [7, 11) is 0. The Morgan fingerprint density at radius 2 is 1.88 bits per heavy atom. The lowest BCUT2D eigenvalue weighted by Crippen LogP contribution is -2.63. The summed E-state index contributed by atoms with van der Waals surface area (Å²) < 4.78 is 5.86. The van der Waals surface area contributed by atoms with Crippen molar-refractivity contribution in [2.45, 2.75) is 110 Å². The fraction of sp³-hybridized carbons (Fsp3) is 0.929. The molecule has 186 valence electrons. The zero-order chi connectivity index (χ0) is 24.0. The number of carbonyl (C=O) groups excluding carboxylic acids is 1. The molecule has 4 fully saturated rings. The molecule has 5 aliphatic rings. The van der Waals surface area contributed by atoms with E-state index in [1.165, 1.54) is 0 Å². The average Bonchev–Trinajstić information content (AvgIpc) is 3.30. The van der Waals surface area contributed by atoms with E-state index in [1.54, 1.807) is 0 Å². The summed E-state index contributed by atoms with van der Waals surface area (Å²) in [6, 6.07) is 0. The van der Waals surface area contributed by atoms with E-state index in [4.69, 9.17) is 9.73 Å². The minimum atomic E-state index is -1.07. The van der Waals surface area contributed by atoms with Gasteiger partial charge in [-0.3, -0.25) is 4.79 Å². The average molecular weight is 460 g/mol. The van der Waals surface area contributed by atoms with Crippen LogP contribution in [-0.2, 0) is 9.53 Å². The van der Waals surface area contributed by atoms with Crippen LogP contribution in [0.3, 0.4) is 0 Å². The Kier molecular flexibility index (Phi) is 5.43. The molecule has 1 heterocycles. The lowest BCUT2D eigenvalue weighted by atomic mass is 9.42. The molecule has 5 nitrogen and oxygen atoms in total. The SMILES string of the molecule is CC[C@@H](C)[C@H]1CCC2C3C(=O)C[C@@H]4C[C@@](O)(C5=NC(C)(C)CO5)CC[C@]4(C)C3C[C@H](O)[C@@]21C. The summed E-state index contributed by atoms with van der Waals surface area (Å²) in [5, 5.41) is 23.2. The number of carbonyl (C=O) groups is 1. The van der Waals surface area contributed by atoms with E-state index in [0.29, 0.717) is 55.3 Å². The van der Waals surface area contributed by atoms with Crippen molar-refractivity contribution >= 4 is 11.7 Å². The van der Waals surface area contributed by atoms with Crippen molar-refractivity contribution in [2.24, 2.45) is 51.3 Å². The molecule has 10 atom stereocenters. The zero-order valence-electron chi connectivity index (χ0n) is 21.6. The van der Waals surface area contributed by atoms with Crippen LogP contribution in [-0.4, -0.2) is 45.7 Å². The highest BCUT2D eigenvalue weighted by Crippen LogP contribution is 2.68. The predicted octanol–water partition coefficient (Wildman–Crippen LogP) is 4.78. The van der Waals surface area contributed by atoms with E-state index >= 15 is 0 Å². The summed E-state index contributed by atoms with van der Waals surface area (Å²) >= 11 is 0. The third kappa shape index (κ3) is 3.31. The van der Waals surface area contributed by atoms with Crippen molar-refractivity contribution in [3.05, 3.63) is 0 Å². The Morgan fingerprint density at radius 3 is 2.52 bits per heavy atom. The number of aliphatic imine (C=N–C) groups is 1. The minimum Gasteiger partial charge on any atom is -0.476 e. The highest BCUT2D eigenvalue weighted by Gasteiger charge is 2.67. The molecule has 2 N–H and O–H groups in total. The molecule has 0 aromatic rings. The van der Waals surface area contributed by atoms with Gasteiger partial charge in [-0.05, 0) is 87.4 Å². The van der Waals surface area contributed by atoms with Crippen molar-refractivity contribution in [3.63, 3.8) is 0 Å². The largest absolute Gasteiger partial charge is 0.476 e. The Bertz CT molecular complexity index is 853. The van der Waals surface area contributed by atoms with Crippen LogP contribution in [0.15, 0.2) is 4.99 Å². The lowest BCUT2D eigenvalue weighted by molar-refractivity contribution is -0.185. The highest BCUT2D eigenvalue weighted by atomic mass is 16.5. The second-order valence-corrected chi connectivity index (χ2v) is 13.6. The van der Waals surface area contributed by atoms with Gasteiger partial charge in [0.1, 0.15) is 18.0 Å². The maximum atomic E-state index is 13.8. The number of rotatable bonds is 3.